The first-order valence-electron chi connectivity index (χ1n) is 10.3. The summed E-state index contributed by atoms with van der Waals surface area (Å²) in [5.74, 6) is -0.488. The van der Waals surface area contributed by atoms with Crippen LogP contribution in [-0.2, 0) is 4.79 Å². The highest BCUT2D eigenvalue weighted by Gasteiger charge is 2.33. The van der Waals surface area contributed by atoms with Crippen molar-refractivity contribution in [3.63, 3.8) is 0 Å². The quantitative estimate of drug-likeness (QED) is 0.548. The van der Waals surface area contributed by atoms with Gasteiger partial charge in [0.2, 0.25) is 0 Å². The van der Waals surface area contributed by atoms with E-state index in [0.29, 0.717) is 22.2 Å². The third kappa shape index (κ3) is 3.92. The topological polar surface area (TPSA) is 35.9 Å². The molecule has 6 heteroatoms. The van der Waals surface area contributed by atoms with Crippen LogP contribution < -0.4 is 4.90 Å². The van der Waals surface area contributed by atoms with E-state index in [0.717, 1.165) is 22.5 Å². The number of carbonyl (C=O) groups excluding carboxylic acids is 1. The predicted molar refractivity (Wildman–Crippen MR) is 129 cm³/mol. The first-order valence-corrected chi connectivity index (χ1v) is 11.2. The van der Waals surface area contributed by atoms with Gasteiger partial charge in [-0.15, -0.1) is 0 Å². The molecule has 0 aromatic heterocycles. The van der Waals surface area contributed by atoms with Gasteiger partial charge in [-0.3, -0.25) is 9.69 Å². The first-order chi connectivity index (χ1) is 14.7. The molecule has 0 bridgehead atoms. The molecule has 2 heterocycles. The fraction of sp³-hybridized carbons (Fsp3) is 0.280. The van der Waals surface area contributed by atoms with Crippen molar-refractivity contribution in [3.8, 4) is 0 Å². The fourth-order valence-corrected chi connectivity index (χ4v) is 4.98. The highest BCUT2D eigenvalue weighted by Crippen LogP contribution is 2.40. The van der Waals surface area contributed by atoms with E-state index in [1.165, 1.54) is 11.8 Å². The van der Waals surface area contributed by atoms with Crippen molar-refractivity contribution in [2.75, 3.05) is 18.5 Å². The number of anilines is 1. The van der Waals surface area contributed by atoms with Crippen LogP contribution >= 0.6 is 11.8 Å². The number of amidine groups is 1. The minimum Gasteiger partial charge on any atom is -0.365 e. The lowest BCUT2D eigenvalue weighted by molar-refractivity contribution is -0.122. The summed E-state index contributed by atoms with van der Waals surface area (Å²) in [6.07, 6.45) is 3.83. The Labute approximate surface area is 187 Å². The van der Waals surface area contributed by atoms with Crippen LogP contribution in [0.1, 0.15) is 38.8 Å². The van der Waals surface area contributed by atoms with Crippen molar-refractivity contribution in [2.24, 2.45) is 4.99 Å². The maximum absolute atomic E-state index is 15.1. The van der Waals surface area contributed by atoms with E-state index in [2.05, 4.69) is 29.8 Å². The number of benzene rings is 2. The molecule has 2 aromatic rings. The summed E-state index contributed by atoms with van der Waals surface area (Å²) in [5, 5.41) is 0.612. The van der Waals surface area contributed by atoms with Gasteiger partial charge < -0.3 is 4.90 Å². The van der Waals surface area contributed by atoms with Gasteiger partial charge in [-0.25, -0.2) is 9.38 Å². The average molecular weight is 436 g/mol. The summed E-state index contributed by atoms with van der Waals surface area (Å²) < 4.78 is 15.1. The summed E-state index contributed by atoms with van der Waals surface area (Å²) in [6.45, 7) is 8.67. The van der Waals surface area contributed by atoms with Crippen LogP contribution in [0.15, 0.2) is 58.4 Å². The number of hydrogen-bond acceptors (Lipinski definition) is 4. The number of allylic oxidation sites excluding steroid dienone is 1. The maximum Gasteiger partial charge on any atom is 0.266 e. The molecule has 1 fully saturated rings. The lowest BCUT2D eigenvalue weighted by Gasteiger charge is -2.40. The number of fused-ring (bicyclic) bond motifs is 1. The van der Waals surface area contributed by atoms with Crippen molar-refractivity contribution < 1.29 is 9.18 Å². The van der Waals surface area contributed by atoms with Gasteiger partial charge in [0.1, 0.15) is 5.82 Å². The Hall–Kier alpha value is -2.86. The Morgan fingerprint density at radius 2 is 1.90 bits per heavy atom. The smallest absolute Gasteiger partial charge is 0.266 e. The van der Waals surface area contributed by atoms with Crippen molar-refractivity contribution in [1.29, 1.82) is 0 Å². The van der Waals surface area contributed by atoms with Gasteiger partial charge in [0, 0.05) is 30.4 Å². The van der Waals surface area contributed by atoms with E-state index in [-0.39, 0.29) is 17.3 Å². The third-order valence-corrected chi connectivity index (χ3v) is 6.81. The average Bonchev–Trinajstić information content (AvgIpc) is 3.02. The molecular weight excluding hydrogens is 409 g/mol. The molecule has 0 unspecified atom stereocenters. The zero-order chi connectivity index (χ0) is 22.3. The number of carbonyl (C=O) groups is 1. The molecule has 1 saturated heterocycles. The second kappa shape index (κ2) is 8.00. The van der Waals surface area contributed by atoms with E-state index in [1.54, 1.807) is 17.0 Å². The van der Waals surface area contributed by atoms with Crippen molar-refractivity contribution in [3.05, 3.63) is 70.4 Å². The van der Waals surface area contributed by atoms with Crippen LogP contribution in [0.3, 0.4) is 0 Å². The summed E-state index contributed by atoms with van der Waals surface area (Å²) in [4.78, 5) is 21.8. The molecule has 0 aliphatic carbocycles. The standard InChI is InChI=1S/C25H26FN3OS/c1-6-29-23(30)22(31-24(29)27-18-10-8-7-9-11-18)13-17-12-19-16(2)15-25(3,4)28(5)21(19)14-20(17)26/h7-15H,6H2,1-5H3/b22-13+,27-24?. The van der Waals surface area contributed by atoms with Gasteiger partial charge in [0.25, 0.3) is 5.91 Å². The molecule has 1 amide bonds. The molecule has 2 aliphatic rings. The van der Waals surface area contributed by atoms with Crippen LogP contribution in [0.25, 0.3) is 11.6 Å². The number of amides is 1. The Balaban J connectivity index is 1.73. The SMILES string of the molecule is CCN1C(=O)/C(=C\c2cc3c(cc2F)N(C)C(C)(C)C=C3C)SC1=Nc1ccccc1. The van der Waals surface area contributed by atoms with Crippen LogP contribution in [0.4, 0.5) is 15.8 Å². The Bertz CT molecular complexity index is 1130. The van der Waals surface area contributed by atoms with Gasteiger partial charge in [0.15, 0.2) is 5.17 Å². The van der Waals surface area contributed by atoms with Gasteiger partial charge in [-0.1, -0.05) is 24.3 Å². The number of thioether (sulfide) groups is 1. The van der Waals surface area contributed by atoms with Crippen molar-refractivity contribution in [1.82, 2.24) is 4.90 Å². The normalized spacial score (nSPS) is 20.5. The molecule has 0 radical (unpaired) electrons. The van der Waals surface area contributed by atoms with E-state index >= 15 is 4.39 Å². The Morgan fingerprint density at radius 1 is 1.19 bits per heavy atom. The minimum absolute atomic E-state index is 0.148. The lowest BCUT2D eigenvalue weighted by atomic mass is 9.88. The van der Waals surface area contributed by atoms with Crippen molar-refractivity contribution >= 4 is 45.9 Å². The number of rotatable bonds is 3. The summed E-state index contributed by atoms with van der Waals surface area (Å²) in [5.41, 5.74) is 3.94. The highest BCUT2D eigenvalue weighted by atomic mass is 32.2. The fourth-order valence-electron chi connectivity index (χ4n) is 3.92. The van der Waals surface area contributed by atoms with Gasteiger partial charge in [-0.05, 0) is 75.4 Å². The van der Waals surface area contributed by atoms with E-state index in [1.807, 2.05) is 57.3 Å². The number of nitrogens with zero attached hydrogens (tertiary/aromatic N) is 3. The van der Waals surface area contributed by atoms with Gasteiger partial charge >= 0.3 is 0 Å². The second-order valence-electron chi connectivity index (χ2n) is 8.32. The molecular formula is C25H26FN3OS. The molecule has 0 saturated carbocycles. The van der Waals surface area contributed by atoms with Gasteiger partial charge in [0.05, 0.1) is 16.1 Å². The number of para-hydroxylation sites is 1. The van der Waals surface area contributed by atoms with E-state index in [4.69, 9.17) is 0 Å². The zero-order valence-corrected chi connectivity index (χ0v) is 19.3. The maximum atomic E-state index is 15.1. The number of hydrogen-bond donors (Lipinski definition) is 0. The Kier molecular flexibility index (Phi) is 5.52. The monoisotopic (exact) mass is 435 g/mol. The molecule has 0 atom stereocenters. The highest BCUT2D eigenvalue weighted by molar-refractivity contribution is 8.18. The molecule has 2 aliphatic heterocycles. The molecule has 4 nitrogen and oxygen atoms in total. The van der Waals surface area contributed by atoms with E-state index < -0.39 is 0 Å². The summed E-state index contributed by atoms with van der Waals surface area (Å²) >= 11 is 1.28. The van der Waals surface area contributed by atoms with Crippen molar-refractivity contribution in [2.45, 2.75) is 33.2 Å². The number of aliphatic imine (C=N–C) groups is 1. The van der Waals surface area contributed by atoms with Gasteiger partial charge in [-0.2, -0.15) is 0 Å². The molecule has 0 N–H and O–H groups in total. The molecule has 160 valence electrons. The largest absolute Gasteiger partial charge is 0.365 e. The summed E-state index contributed by atoms with van der Waals surface area (Å²) in [7, 11) is 1.97. The third-order valence-electron chi connectivity index (χ3n) is 5.81. The second-order valence-corrected chi connectivity index (χ2v) is 9.33. The molecule has 4 rings (SSSR count). The van der Waals surface area contributed by atoms with E-state index in [9.17, 15) is 4.79 Å². The zero-order valence-electron chi connectivity index (χ0n) is 18.4. The van der Waals surface area contributed by atoms with Crippen LogP contribution in [0.5, 0.6) is 0 Å². The van der Waals surface area contributed by atoms with Crippen LogP contribution in [-0.4, -0.2) is 35.1 Å². The minimum atomic E-state index is -0.339. The Morgan fingerprint density at radius 3 is 2.58 bits per heavy atom. The first kappa shape index (κ1) is 21.4. The number of halogens is 1. The lowest BCUT2D eigenvalue weighted by Crippen LogP contribution is -2.42. The predicted octanol–water partition coefficient (Wildman–Crippen LogP) is 6.08. The molecule has 31 heavy (non-hydrogen) atoms. The van der Waals surface area contributed by atoms with Crippen LogP contribution in [0, 0.1) is 5.82 Å². The molecule has 0 spiro atoms. The molecule has 2 aromatic carbocycles. The summed E-state index contributed by atoms with van der Waals surface area (Å²) in [6, 6.07) is 12.9. The number of likely N-dealkylation sites (N-methyl/N-ethyl adjacent to an activating group) is 2. The van der Waals surface area contributed by atoms with Crippen LogP contribution in [0.2, 0.25) is 0 Å².